The first-order valence-electron chi connectivity index (χ1n) is 18.5. The summed E-state index contributed by atoms with van der Waals surface area (Å²) in [5, 5.41) is 2.43. The molecule has 0 saturated carbocycles. The van der Waals surface area contributed by atoms with Gasteiger partial charge >= 0.3 is 0 Å². The molecule has 10 rings (SSSR count). The molecule has 0 bridgehead atoms. The van der Waals surface area contributed by atoms with Crippen molar-refractivity contribution in [1.82, 2.24) is 0 Å². The maximum Gasteiger partial charge on any atom is 0.129 e. The quantitative estimate of drug-likeness (QED) is 0.165. The number of anilines is 7. The van der Waals surface area contributed by atoms with Crippen LogP contribution in [-0.2, 0) is 0 Å². The Labute approximate surface area is 316 Å². The van der Waals surface area contributed by atoms with Gasteiger partial charge in [0.1, 0.15) is 18.2 Å². The average molecular weight is 699 g/mol. The van der Waals surface area contributed by atoms with Gasteiger partial charge in [0.15, 0.2) is 0 Å². The zero-order valence-corrected chi connectivity index (χ0v) is 30.0. The second-order valence-electron chi connectivity index (χ2n) is 13.9. The predicted molar refractivity (Wildman–Crippen MR) is 225 cm³/mol. The van der Waals surface area contributed by atoms with E-state index in [0.29, 0.717) is 6.67 Å². The van der Waals surface area contributed by atoms with E-state index >= 15 is 0 Å². The van der Waals surface area contributed by atoms with E-state index in [4.69, 9.17) is 4.74 Å². The number of nitrogens with zero attached hydrogens (tertiary/aromatic N) is 4. The van der Waals surface area contributed by atoms with Crippen LogP contribution in [0.4, 0.5) is 39.8 Å². The summed E-state index contributed by atoms with van der Waals surface area (Å²) in [7, 11) is 2.13. The second-order valence-corrected chi connectivity index (χ2v) is 13.9. The van der Waals surface area contributed by atoms with E-state index in [0.717, 1.165) is 35.2 Å². The Morgan fingerprint density at radius 2 is 0.963 bits per heavy atom. The number of hydrogen-bond acceptors (Lipinski definition) is 5. The number of benzene rings is 8. The molecule has 0 N–H and O–H groups in total. The number of para-hydroxylation sites is 3. The van der Waals surface area contributed by atoms with Crippen LogP contribution in [0.25, 0.3) is 33.0 Å². The molecule has 2 heterocycles. The lowest BCUT2D eigenvalue weighted by molar-refractivity contribution is 0.483. The van der Waals surface area contributed by atoms with E-state index in [1.165, 1.54) is 55.8 Å². The van der Waals surface area contributed by atoms with E-state index < -0.39 is 0 Å². The summed E-state index contributed by atoms with van der Waals surface area (Å²) in [4.78, 5) is 9.53. The monoisotopic (exact) mass is 698 g/mol. The number of ether oxygens (including phenoxy) is 1. The standard InChI is InChI=1S/C49H38N4O/c1-50-33-51(46-28-11-10-27-45(46)50)38-20-12-22-40(31-38)54-41-23-13-21-39(32-41)52-34-53(49-44-24-9-8-19-37(44)29-30-47(49)52)48-42(35-15-4-2-5-16-35)25-14-26-43(48)36-17-6-3-7-18-36/h2-32H,33-34H2,1H3. The van der Waals surface area contributed by atoms with Gasteiger partial charge in [-0.2, -0.15) is 0 Å². The lowest BCUT2D eigenvalue weighted by Gasteiger charge is -2.27. The summed E-state index contributed by atoms with van der Waals surface area (Å²) in [5.74, 6) is 1.59. The Morgan fingerprint density at radius 1 is 0.407 bits per heavy atom. The second kappa shape index (κ2) is 13.2. The van der Waals surface area contributed by atoms with Gasteiger partial charge < -0.3 is 24.3 Å². The van der Waals surface area contributed by atoms with Crippen LogP contribution in [0.15, 0.2) is 188 Å². The number of fused-ring (bicyclic) bond motifs is 4. The highest BCUT2D eigenvalue weighted by Gasteiger charge is 2.33. The van der Waals surface area contributed by atoms with Gasteiger partial charge in [-0.1, -0.05) is 133 Å². The normalized spacial score (nSPS) is 13.4. The minimum absolute atomic E-state index is 0.633. The lowest BCUT2D eigenvalue weighted by Crippen LogP contribution is -2.25. The maximum atomic E-state index is 6.64. The van der Waals surface area contributed by atoms with Crippen LogP contribution in [0.2, 0.25) is 0 Å². The van der Waals surface area contributed by atoms with Gasteiger partial charge in [0.05, 0.1) is 35.1 Å². The van der Waals surface area contributed by atoms with E-state index in [9.17, 15) is 0 Å². The molecular weight excluding hydrogens is 661 g/mol. The van der Waals surface area contributed by atoms with Gasteiger partial charge in [-0.3, -0.25) is 0 Å². The fourth-order valence-corrected chi connectivity index (χ4v) is 8.14. The highest BCUT2D eigenvalue weighted by molar-refractivity contribution is 6.09. The Balaban J connectivity index is 1.06. The third kappa shape index (κ3) is 5.49. The highest BCUT2D eigenvalue weighted by Crippen LogP contribution is 2.53. The van der Waals surface area contributed by atoms with Gasteiger partial charge in [-0.05, 0) is 59.0 Å². The zero-order chi connectivity index (χ0) is 36.0. The molecule has 5 heteroatoms. The minimum atomic E-state index is 0.633. The molecule has 8 aromatic rings. The van der Waals surface area contributed by atoms with Crippen LogP contribution < -0.4 is 24.3 Å². The highest BCUT2D eigenvalue weighted by atomic mass is 16.5. The summed E-state index contributed by atoms with van der Waals surface area (Å²) in [6.07, 6.45) is 0. The van der Waals surface area contributed by atoms with Crippen LogP contribution in [0.1, 0.15) is 0 Å². The summed E-state index contributed by atoms with van der Waals surface area (Å²) >= 11 is 0. The van der Waals surface area contributed by atoms with Gasteiger partial charge in [-0.15, -0.1) is 0 Å². The Kier molecular flexibility index (Phi) is 7.76. The minimum Gasteiger partial charge on any atom is -0.457 e. The molecule has 2 aliphatic heterocycles. The molecule has 0 amide bonds. The topological polar surface area (TPSA) is 22.2 Å². The lowest BCUT2D eigenvalue weighted by atomic mass is 9.94. The molecule has 5 nitrogen and oxygen atoms in total. The Morgan fingerprint density at radius 3 is 1.63 bits per heavy atom. The smallest absolute Gasteiger partial charge is 0.129 e. The van der Waals surface area contributed by atoms with Crippen LogP contribution in [-0.4, -0.2) is 20.4 Å². The Hall–Kier alpha value is -6.98. The fourth-order valence-electron chi connectivity index (χ4n) is 8.14. The molecule has 0 aromatic heterocycles. The van der Waals surface area contributed by atoms with Gasteiger partial charge in [0.25, 0.3) is 0 Å². The van der Waals surface area contributed by atoms with Crippen molar-refractivity contribution in [2.45, 2.75) is 0 Å². The molecule has 54 heavy (non-hydrogen) atoms. The average Bonchev–Trinajstić information content (AvgIpc) is 3.80. The summed E-state index contributed by atoms with van der Waals surface area (Å²) in [5.41, 5.74) is 12.9. The molecule has 0 spiro atoms. The SMILES string of the molecule is CN1CN(c2cccc(Oc3cccc(N4CN(c5c(-c6ccccc6)cccc5-c5ccccc5)c5c4ccc4ccccc54)c3)c2)c2ccccc21. The first-order valence-corrected chi connectivity index (χ1v) is 18.5. The largest absolute Gasteiger partial charge is 0.457 e. The molecular formula is C49H38N4O. The van der Waals surface area contributed by atoms with Crippen molar-refractivity contribution < 1.29 is 4.74 Å². The van der Waals surface area contributed by atoms with E-state index in [2.05, 4.69) is 203 Å². The van der Waals surface area contributed by atoms with Crippen LogP contribution in [0.3, 0.4) is 0 Å². The van der Waals surface area contributed by atoms with Crippen molar-refractivity contribution in [3.05, 3.63) is 188 Å². The summed E-state index contributed by atoms with van der Waals surface area (Å²) in [6.45, 7) is 1.42. The molecule has 2 aliphatic rings. The summed E-state index contributed by atoms with van der Waals surface area (Å²) in [6, 6.07) is 66.8. The van der Waals surface area contributed by atoms with E-state index in [1.54, 1.807) is 0 Å². The summed E-state index contributed by atoms with van der Waals surface area (Å²) < 4.78 is 6.64. The molecule has 0 radical (unpaired) electrons. The van der Waals surface area contributed by atoms with Crippen molar-refractivity contribution >= 4 is 50.6 Å². The molecule has 260 valence electrons. The third-order valence-corrected chi connectivity index (χ3v) is 10.6. The first-order chi connectivity index (χ1) is 26.7. The Bertz CT molecular complexity index is 2580. The molecule has 0 aliphatic carbocycles. The van der Waals surface area contributed by atoms with Crippen molar-refractivity contribution in [3.8, 4) is 33.8 Å². The van der Waals surface area contributed by atoms with Crippen molar-refractivity contribution in [1.29, 1.82) is 0 Å². The molecule has 8 aromatic carbocycles. The maximum absolute atomic E-state index is 6.64. The van der Waals surface area contributed by atoms with Crippen LogP contribution >= 0.6 is 0 Å². The van der Waals surface area contributed by atoms with Gasteiger partial charge in [-0.25, -0.2) is 0 Å². The fraction of sp³-hybridized carbons (Fsp3) is 0.0612. The zero-order valence-electron chi connectivity index (χ0n) is 30.0. The number of hydrogen-bond donors (Lipinski definition) is 0. The molecule has 0 saturated heterocycles. The third-order valence-electron chi connectivity index (χ3n) is 10.6. The van der Waals surface area contributed by atoms with Crippen molar-refractivity contribution in [2.75, 3.05) is 40.0 Å². The molecule has 0 atom stereocenters. The number of rotatable bonds is 7. The van der Waals surface area contributed by atoms with E-state index in [1.807, 2.05) is 12.1 Å². The van der Waals surface area contributed by atoms with Gasteiger partial charge in [0, 0.05) is 47.1 Å². The molecule has 0 fully saturated rings. The first kappa shape index (κ1) is 31.7. The molecule has 0 unspecified atom stereocenters. The van der Waals surface area contributed by atoms with Gasteiger partial charge in [0.2, 0.25) is 0 Å². The van der Waals surface area contributed by atoms with Crippen LogP contribution in [0.5, 0.6) is 11.5 Å². The predicted octanol–water partition coefficient (Wildman–Crippen LogP) is 12.8. The van der Waals surface area contributed by atoms with Crippen molar-refractivity contribution in [3.63, 3.8) is 0 Å². The van der Waals surface area contributed by atoms with Crippen molar-refractivity contribution in [2.24, 2.45) is 0 Å². The van der Waals surface area contributed by atoms with Crippen LogP contribution in [0, 0.1) is 0 Å². The van der Waals surface area contributed by atoms with E-state index in [-0.39, 0.29) is 0 Å².